The molecule has 12 heteroatoms. The number of nitrogens with zero attached hydrogens (tertiary/aromatic N) is 1. The van der Waals surface area contributed by atoms with Crippen molar-refractivity contribution < 1.29 is 39.3 Å². The van der Waals surface area contributed by atoms with E-state index in [-0.39, 0.29) is 75.9 Å². The molecule has 2 aromatic heterocycles. The number of hydrogen-bond donors (Lipinski definition) is 4. The van der Waals surface area contributed by atoms with Crippen molar-refractivity contribution in [1.29, 1.82) is 0 Å². The standard InChI is InChI=1S/C14H6N2O8.2Na/c17-10-4-2-6(14(23)24)15-8(4)7-3(12(19)20)1-5(13(21)22)16-9(7)11(10)18;;/h1-2,15H,(H,19,20)(H,21,22)(H,23,24);;. The molecule has 2 heterocycles. The summed E-state index contributed by atoms with van der Waals surface area (Å²) in [6.45, 7) is 0. The third-order valence-electron chi connectivity index (χ3n) is 3.43. The number of rotatable bonds is 3. The summed E-state index contributed by atoms with van der Waals surface area (Å²) in [5.74, 6) is -6.87. The van der Waals surface area contributed by atoms with Crippen LogP contribution in [0.3, 0.4) is 0 Å². The fourth-order valence-corrected chi connectivity index (χ4v) is 2.42. The molecule has 0 fully saturated rings. The van der Waals surface area contributed by atoms with E-state index in [2.05, 4.69) is 9.97 Å². The molecule has 0 amide bonds. The second-order valence-corrected chi connectivity index (χ2v) is 4.82. The summed E-state index contributed by atoms with van der Waals surface area (Å²) in [5.41, 5.74) is -3.21. The summed E-state index contributed by atoms with van der Waals surface area (Å²) in [5, 5.41) is 27.3. The smallest absolute Gasteiger partial charge is 0.354 e. The van der Waals surface area contributed by atoms with Crippen molar-refractivity contribution in [1.82, 2.24) is 9.97 Å². The Hall–Kier alpha value is -1.82. The molecule has 1 aliphatic rings. The number of aromatic nitrogens is 2. The van der Waals surface area contributed by atoms with E-state index in [4.69, 9.17) is 10.2 Å². The molecule has 0 unspecified atom stereocenters. The van der Waals surface area contributed by atoms with Crippen LogP contribution in [0.15, 0.2) is 12.1 Å². The van der Waals surface area contributed by atoms with Gasteiger partial charge in [-0.1, -0.05) is 0 Å². The molecule has 122 valence electrons. The number of aromatic amines is 1. The van der Waals surface area contributed by atoms with Gasteiger partial charge in [-0.15, -0.1) is 0 Å². The summed E-state index contributed by atoms with van der Waals surface area (Å²) in [6.07, 6.45) is 0. The fourth-order valence-electron chi connectivity index (χ4n) is 2.42. The number of hydrogen-bond acceptors (Lipinski definition) is 6. The minimum atomic E-state index is -1.58. The first kappa shape index (κ1) is 22.2. The number of carbonyl (C=O) groups excluding carboxylic acids is 2. The SMILES string of the molecule is O=C(O)c1cc(C(=O)O)c2c(n1)C(=O)C(=O)c1cc(C(=O)O)[nH]c1-2.[Na].[Na]. The Kier molecular flexibility index (Phi) is 6.69. The molecule has 0 saturated heterocycles. The normalized spacial score (nSPS) is 11.5. The van der Waals surface area contributed by atoms with E-state index >= 15 is 0 Å². The Morgan fingerprint density at radius 2 is 1.50 bits per heavy atom. The minimum absolute atomic E-state index is 0. The van der Waals surface area contributed by atoms with E-state index in [1.54, 1.807) is 0 Å². The van der Waals surface area contributed by atoms with Gasteiger partial charge in [0.25, 0.3) is 5.78 Å². The quantitative estimate of drug-likeness (QED) is 0.417. The maximum absolute atomic E-state index is 12.1. The first-order chi connectivity index (χ1) is 11.2. The third-order valence-corrected chi connectivity index (χ3v) is 3.43. The largest absolute Gasteiger partial charge is 0.478 e. The second kappa shape index (κ2) is 7.82. The predicted molar refractivity (Wildman–Crippen MR) is 85.1 cm³/mol. The van der Waals surface area contributed by atoms with Crippen LogP contribution < -0.4 is 0 Å². The van der Waals surface area contributed by atoms with Crippen molar-refractivity contribution in [2.24, 2.45) is 0 Å². The number of nitrogens with one attached hydrogen (secondary N) is 1. The van der Waals surface area contributed by atoms with E-state index in [9.17, 15) is 29.1 Å². The molecular weight excluding hydrogens is 370 g/mol. The van der Waals surface area contributed by atoms with E-state index in [1.807, 2.05) is 0 Å². The molecule has 0 saturated carbocycles. The predicted octanol–water partition coefficient (Wildman–Crippen LogP) is -0.211. The van der Waals surface area contributed by atoms with Crippen molar-refractivity contribution in [2.45, 2.75) is 0 Å². The average Bonchev–Trinajstić information content (AvgIpc) is 2.96. The Labute approximate surface area is 188 Å². The number of Topliss-reactive ketones (excluding diaryl/α,β-unsaturated/α-hetero) is 2. The monoisotopic (exact) mass is 376 g/mol. The van der Waals surface area contributed by atoms with Crippen LogP contribution in [0.1, 0.15) is 52.2 Å². The maximum atomic E-state index is 12.1. The molecule has 0 aliphatic heterocycles. The molecule has 0 bridgehead atoms. The molecule has 2 aromatic rings. The van der Waals surface area contributed by atoms with Gasteiger partial charge in [0, 0.05) is 64.7 Å². The van der Waals surface area contributed by atoms with Crippen LogP contribution in [0, 0.1) is 0 Å². The van der Waals surface area contributed by atoms with Crippen molar-refractivity contribution in [3.63, 3.8) is 0 Å². The van der Waals surface area contributed by atoms with Crippen LogP contribution in [0.4, 0.5) is 0 Å². The van der Waals surface area contributed by atoms with Gasteiger partial charge in [0.1, 0.15) is 17.1 Å². The summed E-state index contributed by atoms with van der Waals surface area (Å²) in [4.78, 5) is 63.7. The van der Waals surface area contributed by atoms with E-state index in [1.165, 1.54) is 0 Å². The zero-order valence-electron chi connectivity index (χ0n) is 13.5. The second-order valence-electron chi connectivity index (χ2n) is 4.82. The van der Waals surface area contributed by atoms with Gasteiger partial charge in [0.05, 0.1) is 16.8 Å². The summed E-state index contributed by atoms with van der Waals surface area (Å²) in [7, 11) is 0. The van der Waals surface area contributed by atoms with E-state index < -0.39 is 52.1 Å². The molecule has 0 spiro atoms. The number of carbonyl (C=O) groups is 5. The molecule has 10 nitrogen and oxygen atoms in total. The number of fused-ring (bicyclic) bond motifs is 3. The van der Waals surface area contributed by atoms with Crippen molar-refractivity contribution in [2.75, 3.05) is 0 Å². The van der Waals surface area contributed by atoms with Crippen LogP contribution >= 0.6 is 0 Å². The van der Waals surface area contributed by atoms with Crippen LogP contribution in [0.5, 0.6) is 0 Å². The Bertz CT molecular complexity index is 995. The molecule has 4 N–H and O–H groups in total. The van der Waals surface area contributed by atoms with E-state index in [0.717, 1.165) is 12.1 Å². The molecule has 26 heavy (non-hydrogen) atoms. The van der Waals surface area contributed by atoms with Gasteiger partial charge in [-0.2, -0.15) is 0 Å². The Morgan fingerprint density at radius 3 is 2.00 bits per heavy atom. The van der Waals surface area contributed by atoms with Gasteiger partial charge in [0.15, 0.2) is 0 Å². The third kappa shape index (κ3) is 3.39. The Balaban J connectivity index is 0.00000169. The zero-order chi connectivity index (χ0) is 17.8. The first-order valence-corrected chi connectivity index (χ1v) is 6.29. The number of carboxylic acids is 3. The molecule has 2 radical (unpaired) electrons. The van der Waals surface area contributed by atoms with Crippen LogP contribution in [-0.4, -0.2) is 114 Å². The van der Waals surface area contributed by atoms with Crippen LogP contribution in [0.25, 0.3) is 11.3 Å². The molecule has 3 rings (SSSR count). The fraction of sp³-hybridized carbons (Fsp3) is 0. The van der Waals surface area contributed by atoms with Crippen LogP contribution in [-0.2, 0) is 0 Å². The van der Waals surface area contributed by atoms with Crippen molar-refractivity contribution >= 4 is 88.6 Å². The van der Waals surface area contributed by atoms with Gasteiger partial charge < -0.3 is 20.3 Å². The van der Waals surface area contributed by atoms with E-state index in [0.29, 0.717) is 0 Å². The van der Waals surface area contributed by atoms with Crippen LogP contribution in [0.2, 0.25) is 0 Å². The van der Waals surface area contributed by atoms with Gasteiger partial charge in [-0.05, 0) is 12.1 Å². The van der Waals surface area contributed by atoms with Gasteiger partial charge >= 0.3 is 17.9 Å². The van der Waals surface area contributed by atoms with Gasteiger partial charge in [-0.25, -0.2) is 19.4 Å². The van der Waals surface area contributed by atoms with Gasteiger partial charge in [0.2, 0.25) is 5.78 Å². The van der Waals surface area contributed by atoms with Crippen molar-refractivity contribution in [3.8, 4) is 11.3 Å². The Morgan fingerprint density at radius 1 is 0.885 bits per heavy atom. The molecular formula is C14H6N2Na2O8. The maximum Gasteiger partial charge on any atom is 0.354 e. The topological polar surface area (TPSA) is 175 Å². The molecule has 0 aromatic carbocycles. The number of H-pyrrole nitrogens is 1. The summed E-state index contributed by atoms with van der Waals surface area (Å²) >= 11 is 0. The molecule has 0 atom stereocenters. The summed E-state index contributed by atoms with van der Waals surface area (Å²) in [6, 6.07) is 1.65. The zero-order valence-corrected chi connectivity index (χ0v) is 17.5. The minimum Gasteiger partial charge on any atom is -0.478 e. The molecule has 1 aliphatic carbocycles. The first-order valence-electron chi connectivity index (χ1n) is 6.29. The number of aromatic carboxylic acids is 3. The van der Waals surface area contributed by atoms with Gasteiger partial charge in [-0.3, -0.25) is 9.59 Å². The number of ketones is 2. The van der Waals surface area contributed by atoms with Crippen molar-refractivity contribution in [3.05, 3.63) is 40.3 Å². The number of pyridine rings is 1. The summed E-state index contributed by atoms with van der Waals surface area (Å²) < 4.78 is 0. The average molecular weight is 376 g/mol. The number of carboxylic acid groups (broad SMARTS) is 3.